The number of nitrogens with one attached hydrogen (secondary N) is 1. The molecule has 5 nitrogen and oxygen atoms in total. The van der Waals surface area contributed by atoms with E-state index in [1.165, 1.54) is 250 Å². The summed E-state index contributed by atoms with van der Waals surface area (Å²) in [5, 5.41) is 33.5. The maximum atomic E-state index is 12.4. The maximum absolute atomic E-state index is 12.4. The van der Waals surface area contributed by atoms with E-state index in [9.17, 15) is 20.1 Å². The first-order valence-corrected chi connectivity index (χ1v) is 27.3. The van der Waals surface area contributed by atoms with Crippen molar-refractivity contribution in [3.8, 4) is 0 Å². The molecule has 4 N–H and O–H groups in total. The number of hydrogen-bond donors (Lipinski definition) is 4. The summed E-state index contributed by atoms with van der Waals surface area (Å²) in [6.07, 6.45) is 60.0. The Kier molecular flexibility index (Phi) is 49.4. The summed E-state index contributed by atoms with van der Waals surface area (Å²) in [6, 6.07) is -0.802. The van der Waals surface area contributed by atoms with E-state index in [4.69, 9.17) is 0 Å². The highest BCUT2D eigenvalue weighted by Gasteiger charge is 2.26. The van der Waals surface area contributed by atoms with Crippen molar-refractivity contribution in [2.75, 3.05) is 6.61 Å². The molecule has 5 heteroatoms. The lowest BCUT2D eigenvalue weighted by atomic mass is 9.99. The van der Waals surface area contributed by atoms with Gasteiger partial charge < -0.3 is 20.6 Å². The highest BCUT2D eigenvalue weighted by atomic mass is 16.3. The van der Waals surface area contributed by atoms with Gasteiger partial charge >= 0.3 is 0 Å². The summed E-state index contributed by atoms with van der Waals surface area (Å²) < 4.78 is 0. The smallest absolute Gasteiger partial charge is 0.220 e. The largest absolute Gasteiger partial charge is 0.394 e. The van der Waals surface area contributed by atoms with Crippen LogP contribution >= 0.6 is 0 Å². The molecule has 0 aromatic rings. The third kappa shape index (κ3) is 45.2. The summed E-state index contributed by atoms with van der Waals surface area (Å²) in [5.74, 6) is -0.139. The van der Waals surface area contributed by atoms with Crippen molar-refractivity contribution in [2.24, 2.45) is 0 Å². The molecule has 59 heavy (non-hydrogen) atoms. The van der Waals surface area contributed by atoms with Crippen molar-refractivity contribution in [2.45, 2.75) is 334 Å². The van der Waals surface area contributed by atoms with Crippen LogP contribution in [0.15, 0.2) is 0 Å². The second-order valence-corrected chi connectivity index (χ2v) is 19.2. The Morgan fingerprint density at radius 3 is 0.814 bits per heavy atom. The Labute approximate surface area is 370 Å². The van der Waals surface area contributed by atoms with Crippen LogP contribution in [0.3, 0.4) is 0 Å². The Bertz CT molecular complexity index is 792. The second kappa shape index (κ2) is 50.0. The van der Waals surface area contributed by atoms with Gasteiger partial charge in [0.25, 0.3) is 0 Å². The van der Waals surface area contributed by atoms with Gasteiger partial charge in [0.15, 0.2) is 0 Å². The fourth-order valence-electron chi connectivity index (χ4n) is 8.99. The summed E-state index contributed by atoms with van der Waals surface area (Å²) in [6.45, 7) is 4.19. The first-order chi connectivity index (χ1) is 29.1. The molecule has 0 saturated heterocycles. The molecule has 354 valence electrons. The van der Waals surface area contributed by atoms with Crippen molar-refractivity contribution in [1.29, 1.82) is 0 Å². The molecule has 1 amide bonds. The quantitative estimate of drug-likeness (QED) is 0.0460. The van der Waals surface area contributed by atoms with Crippen LogP contribution in [-0.2, 0) is 4.79 Å². The lowest BCUT2D eigenvalue weighted by Gasteiger charge is -2.26. The van der Waals surface area contributed by atoms with Gasteiger partial charge in [0, 0.05) is 6.42 Å². The van der Waals surface area contributed by atoms with E-state index in [2.05, 4.69) is 19.2 Å². The number of hydrogen-bond acceptors (Lipinski definition) is 4. The Hall–Kier alpha value is -0.650. The molecular weight excluding hydrogens is 727 g/mol. The van der Waals surface area contributed by atoms with Gasteiger partial charge in [-0.3, -0.25) is 4.79 Å². The van der Waals surface area contributed by atoms with Crippen LogP contribution in [0, 0.1) is 0 Å². The number of amides is 1. The Morgan fingerprint density at radius 2 is 0.576 bits per heavy atom. The highest BCUT2D eigenvalue weighted by molar-refractivity contribution is 5.76. The molecule has 0 spiro atoms. The van der Waals surface area contributed by atoms with Gasteiger partial charge in [-0.1, -0.05) is 296 Å². The van der Waals surface area contributed by atoms with Crippen molar-refractivity contribution in [1.82, 2.24) is 5.32 Å². The molecule has 0 radical (unpaired) electrons. The van der Waals surface area contributed by atoms with E-state index in [1.807, 2.05) is 0 Å². The average Bonchev–Trinajstić information content (AvgIpc) is 3.24. The van der Waals surface area contributed by atoms with E-state index in [1.54, 1.807) is 0 Å². The standard InChI is InChI=1S/C54H109NO4/c1-3-5-7-9-11-13-15-16-17-18-19-20-21-22-23-24-25-26-27-28-29-30-31-32-33-34-35-36-37-38-39-41-43-45-47-49-53(58)55-51(50-56)54(59)52(57)48-46-44-42-40-14-12-10-8-6-4-2/h51-52,54,56-57,59H,3-50H2,1-2H3,(H,55,58)/t51-,52+,54-/m0/s1. The van der Waals surface area contributed by atoms with E-state index >= 15 is 0 Å². The van der Waals surface area contributed by atoms with Crippen LogP contribution in [0.5, 0.6) is 0 Å². The highest BCUT2D eigenvalue weighted by Crippen LogP contribution is 2.18. The van der Waals surface area contributed by atoms with Gasteiger partial charge in [-0.05, 0) is 12.8 Å². The molecule has 0 unspecified atom stereocenters. The van der Waals surface area contributed by atoms with Crippen molar-refractivity contribution in [3.63, 3.8) is 0 Å². The predicted octanol–water partition coefficient (Wildman–Crippen LogP) is 16.6. The van der Waals surface area contributed by atoms with Gasteiger partial charge in [0.1, 0.15) is 6.10 Å². The minimum atomic E-state index is -1.13. The van der Waals surface area contributed by atoms with Crippen molar-refractivity contribution < 1.29 is 20.1 Å². The van der Waals surface area contributed by atoms with Crippen LogP contribution < -0.4 is 5.32 Å². The molecular formula is C54H109NO4. The van der Waals surface area contributed by atoms with E-state index in [0.29, 0.717) is 12.8 Å². The van der Waals surface area contributed by atoms with Gasteiger partial charge in [-0.2, -0.15) is 0 Å². The topological polar surface area (TPSA) is 89.8 Å². The number of aliphatic hydroxyl groups excluding tert-OH is 3. The molecule has 0 saturated carbocycles. The number of unbranched alkanes of at least 4 members (excludes halogenated alkanes) is 43. The van der Waals surface area contributed by atoms with Crippen molar-refractivity contribution >= 4 is 5.91 Å². The molecule has 0 aromatic heterocycles. The van der Waals surface area contributed by atoms with Crippen LogP contribution in [0.1, 0.15) is 316 Å². The fourth-order valence-corrected chi connectivity index (χ4v) is 8.99. The lowest BCUT2D eigenvalue weighted by Crippen LogP contribution is -2.50. The minimum Gasteiger partial charge on any atom is -0.394 e. The monoisotopic (exact) mass is 836 g/mol. The molecule has 0 rings (SSSR count). The van der Waals surface area contributed by atoms with E-state index in [-0.39, 0.29) is 12.5 Å². The number of carbonyl (C=O) groups is 1. The Morgan fingerprint density at radius 1 is 0.356 bits per heavy atom. The molecule has 0 heterocycles. The zero-order valence-corrected chi connectivity index (χ0v) is 40.4. The van der Waals surface area contributed by atoms with Gasteiger partial charge in [0.2, 0.25) is 5.91 Å². The van der Waals surface area contributed by atoms with Gasteiger partial charge in [-0.15, -0.1) is 0 Å². The zero-order valence-electron chi connectivity index (χ0n) is 40.4. The molecule has 0 aliphatic heterocycles. The Balaban J connectivity index is 3.38. The molecule has 0 aliphatic carbocycles. The first kappa shape index (κ1) is 58.4. The third-order valence-corrected chi connectivity index (χ3v) is 13.2. The molecule has 0 fully saturated rings. The van der Waals surface area contributed by atoms with E-state index in [0.717, 1.165) is 38.5 Å². The maximum Gasteiger partial charge on any atom is 0.220 e. The summed E-state index contributed by atoms with van der Waals surface area (Å²) in [7, 11) is 0. The van der Waals surface area contributed by atoms with Crippen LogP contribution in [0.25, 0.3) is 0 Å². The lowest BCUT2D eigenvalue weighted by molar-refractivity contribution is -0.124. The van der Waals surface area contributed by atoms with E-state index < -0.39 is 18.2 Å². The van der Waals surface area contributed by atoms with Crippen molar-refractivity contribution in [3.05, 3.63) is 0 Å². The normalized spacial score (nSPS) is 13.2. The number of rotatable bonds is 51. The number of carbonyl (C=O) groups excluding carboxylic acids is 1. The summed E-state index contributed by atoms with van der Waals surface area (Å²) >= 11 is 0. The number of aliphatic hydroxyl groups is 3. The van der Waals surface area contributed by atoms with Crippen LogP contribution in [-0.4, -0.2) is 46.1 Å². The summed E-state index contributed by atoms with van der Waals surface area (Å²) in [4.78, 5) is 12.4. The minimum absolute atomic E-state index is 0.139. The zero-order chi connectivity index (χ0) is 43.0. The predicted molar refractivity (Wildman–Crippen MR) is 259 cm³/mol. The third-order valence-electron chi connectivity index (χ3n) is 13.2. The van der Waals surface area contributed by atoms with Gasteiger partial charge in [0.05, 0.1) is 18.8 Å². The molecule has 0 aromatic carbocycles. The summed E-state index contributed by atoms with van der Waals surface area (Å²) in [5.41, 5.74) is 0. The van der Waals surface area contributed by atoms with Crippen LogP contribution in [0.4, 0.5) is 0 Å². The SMILES string of the molecule is CCCCCCCCCCCCCCCCCCCCCCCCCCCCCCCCCCCCCC(=O)N[C@@H](CO)[C@H](O)[C@H](O)CCCCCCCCCCCC. The van der Waals surface area contributed by atoms with Gasteiger partial charge in [-0.25, -0.2) is 0 Å². The molecule has 0 bridgehead atoms. The fraction of sp³-hybridized carbons (Fsp3) is 0.981. The second-order valence-electron chi connectivity index (χ2n) is 19.2. The van der Waals surface area contributed by atoms with Crippen LogP contribution in [0.2, 0.25) is 0 Å². The molecule has 3 atom stereocenters. The average molecular weight is 836 g/mol. The first-order valence-electron chi connectivity index (χ1n) is 27.3. The molecule has 0 aliphatic rings.